The van der Waals surface area contributed by atoms with Crippen LogP contribution in [0.3, 0.4) is 0 Å². The number of hydrogen-bond acceptors (Lipinski definition) is 4. The molecule has 1 aromatic carbocycles. The molecule has 0 aliphatic carbocycles. The quantitative estimate of drug-likeness (QED) is 0.289. The fraction of sp³-hybridized carbons (Fsp3) is 0.154. The maximum atomic E-state index is 13.4. The van der Waals surface area contributed by atoms with Crippen molar-refractivity contribution in [2.75, 3.05) is 7.05 Å². The normalized spacial score (nSPS) is 12.3. The summed E-state index contributed by atoms with van der Waals surface area (Å²) >= 11 is 0. The lowest BCUT2D eigenvalue weighted by Crippen LogP contribution is -2.21. The standard InChI is InChI=1S/C13H15F2N3O/c1-8(9(2)18-16)7-12(17-3)19-13-10(14)5-4-6-11(13)15/h4-7,18H,2,16H2,1,3H3/b8-7-,17-12?. The van der Waals surface area contributed by atoms with Gasteiger partial charge in [0.05, 0.1) is 0 Å². The Labute approximate surface area is 110 Å². The molecular weight excluding hydrogens is 252 g/mol. The summed E-state index contributed by atoms with van der Waals surface area (Å²) in [4.78, 5) is 3.80. The number of nitrogens with zero attached hydrogens (tertiary/aromatic N) is 1. The van der Waals surface area contributed by atoms with E-state index in [2.05, 4.69) is 17.0 Å². The minimum atomic E-state index is -0.803. The number of benzene rings is 1. The number of rotatable bonds is 4. The summed E-state index contributed by atoms with van der Waals surface area (Å²) < 4.78 is 31.9. The Morgan fingerprint density at radius 2 is 2.00 bits per heavy atom. The second-order valence-corrected chi connectivity index (χ2v) is 3.66. The average Bonchev–Trinajstić information content (AvgIpc) is 2.40. The lowest BCUT2D eigenvalue weighted by molar-refractivity contribution is 0.448. The van der Waals surface area contributed by atoms with Crippen LogP contribution in [0.25, 0.3) is 0 Å². The highest BCUT2D eigenvalue weighted by Crippen LogP contribution is 2.21. The summed E-state index contributed by atoms with van der Waals surface area (Å²) in [7, 11) is 1.44. The van der Waals surface area contributed by atoms with Gasteiger partial charge in [0.2, 0.25) is 11.6 Å². The molecule has 3 N–H and O–H groups in total. The number of allylic oxidation sites excluding steroid dienone is 1. The van der Waals surface area contributed by atoms with Crippen molar-refractivity contribution in [3.63, 3.8) is 0 Å². The maximum absolute atomic E-state index is 13.4. The third kappa shape index (κ3) is 3.89. The van der Waals surface area contributed by atoms with E-state index in [-0.39, 0.29) is 5.90 Å². The third-order valence-electron chi connectivity index (χ3n) is 2.34. The van der Waals surface area contributed by atoms with Crippen molar-refractivity contribution in [2.24, 2.45) is 10.8 Å². The van der Waals surface area contributed by atoms with Crippen molar-refractivity contribution in [1.29, 1.82) is 0 Å². The summed E-state index contributed by atoms with van der Waals surface area (Å²) in [6.07, 6.45) is 1.47. The zero-order valence-corrected chi connectivity index (χ0v) is 10.7. The molecule has 0 saturated carbocycles. The topological polar surface area (TPSA) is 59.6 Å². The molecule has 4 nitrogen and oxygen atoms in total. The molecule has 0 unspecified atom stereocenters. The molecule has 0 aliphatic heterocycles. The molecule has 1 rings (SSSR count). The Bertz CT molecular complexity index is 518. The van der Waals surface area contributed by atoms with E-state index in [0.717, 1.165) is 12.1 Å². The van der Waals surface area contributed by atoms with Crippen LogP contribution in [0.15, 0.2) is 47.1 Å². The summed E-state index contributed by atoms with van der Waals surface area (Å²) in [6, 6.07) is 3.45. The Hall–Kier alpha value is -2.21. The maximum Gasteiger partial charge on any atom is 0.215 e. The van der Waals surface area contributed by atoms with Gasteiger partial charge in [0, 0.05) is 18.8 Å². The minimum Gasteiger partial charge on any atom is -0.433 e. The van der Waals surface area contributed by atoms with Crippen LogP contribution in [0.5, 0.6) is 5.75 Å². The van der Waals surface area contributed by atoms with E-state index in [9.17, 15) is 8.78 Å². The second-order valence-electron chi connectivity index (χ2n) is 3.66. The number of nitrogens with two attached hydrogens (primary N) is 1. The molecule has 0 fully saturated rings. The lowest BCUT2D eigenvalue weighted by atomic mass is 10.2. The zero-order valence-electron chi connectivity index (χ0n) is 10.7. The summed E-state index contributed by atoms with van der Waals surface area (Å²) in [5.41, 5.74) is 3.43. The molecule has 1 aromatic rings. The largest absolute Gasteiger partial charge is 0.433 e. The number of ether oxygens (including phenoxy) is 1. The second kappa shape index (κ2) is 6.65. The van der Waals surface area contributed by atoms with E-state index >= 15 is 0 Å². The van der Waals surface area contributed by atoms with Crippen LogP contribution in [0.1, 0.15) is 6.92 Å². The van der Waals surface area contributed by atoms with E-state index < -0.39 is 17.4 Å². The van der Waals surface area contributed by atoms with E-state index in [1.807, 2.05) is 0 Å². The molecular formula is C13H15F2N3O. The van der Waals surface area contributed by atoms with Gasteiger partial charge < -0.3 is 10.2 Å². The van der Waals surface area contributed by atoms with Crippen molar-refractivity contribution < 1.29 is 13.5 Å². The van der Waals surface area contributed by atoms with Crippen molar-refractivity contribution in [3.05, 3.63) is 53.8 Å². The van der Waals surface area contributed by atoms with Gasteiger partial charge in [-0.05, 0) is 24.6 Å². The average molecular weight is 267 g/mol. The number of hydrazine groups is 1. The first-order chi connectivity index (χ1) is 8.99. The van der Waals surface area contributed by atoms with Crippen LogP contribution in [0.4, 0.5) is 8.78 Å². The number of para-hydroxylation sites is 1. The SMILES string of the molecule is C=C(NN)/C(C)=C\C(=NC)Oc1c(F)cccc1F. The highest BCUT2D eigenvalue weighted by atomic mass is 19.1. The first-order valence-corrected chi connectivity index (χ1v) is 5.42. The van der Waals surface area contributed by atoms with Crippen molar-refractivity contribution in [3.8, 4) is 5.75 Å². The van der Waals surface area contributed by atoms with Gasteiger partial charge in [0.25, 0.3) is 0 Å². The molecule has 0 atom stereocenters. The van der Waals surface area contributed by atoms with Crippen LogP contribution in [-0.2, 0) is 0 Å². The molecule has 6 heteroatoms. The predicted molar refractivity (Wildman–Crippen MR) is 70.6 cm³/mol. The molecule has 0 aromatic heterocycles. The van der Waals surface area contributed by atoms with Gasteiger partial charge in [-0.15, -0.1) is 0 Å². The van der Waals surface area contributed by atoms with Crippen molar-refractivity contribution >= 4 is 5.90 Å². The number of aliphatic imine (C=N–C) groups is 1. The van der Waals surface area contributed by atoms with Gasteiger partial charge in [0.1, 0.15) is 0 Å². The van der Waals surface area contributed by atoms with Gasteiger partial charge in [-0.3, -0.25) is 10.8 Å². The van der Waals surface area contributed by atoms with Crippen molar-refractivity contribution in [2.45, 2.75) is 6.92 Å². The molecule has 0 spiro atoms. The van der Waals surface area contributed by atoms with Crippen LogP contribution < -0.4 is 16.0 Å². The van der Waals surface area contributed by atoms with Crippen LogP contribution in [0, 0.1) is 11.6 Å². The Kier molecular flexibility index (Phi) is 5.20. The predicted octanol–water partition coefficient (Wildman–Crippen LogP) is 2.30. The van der Waals surface area contributed by atoms with Crippen LogP contribution in [0.2, 0.25) is 0 Å². The van der Waals surface area contributed by atoms with Crippen molar-refractivity contribution in [1.82, 2.24) is 5.43 Å². The fourth-order valence-electron chi connectivity index (χ4n) is 1.21. The monoisotopic (exact) mass is 267 g/mol. The van der Waals surface area contributed by atoms with E-state index in [1.54, 1.807) is 6.92 Å². The van der Waals surface area contributed by atoms with Gasteiger partial charge in [-0.2, -0.15) is 0 Å². The first kappa shape index (κ1) is 14.8. The molecule has 102 valence electrons. The highest BCUT2D eigenvalue weighted by molar-refractivity contribution is 5.90. The molecule has 0 aliphatic rings. The first-order valence-electron chi connectivity index (χ1n) is 5.42. The van der Waals surface area contributed by atoms with Gasteiger partial charge in [-0.1, -0.05) is 12.6 Å². The van der Waals surface area contributed by atoms with Crippen LogP contribution in [-0.4, -0.2) is 12.9 Å². The summed E-state index contributed by atoms with van der Waals surface area (Å²) in [6.45, 7) is 5.34. The lowest BCUT2D eigenvalue weighted by Gasteiger charge is -2.09. The van der Waals surface area contributed by atoms with Crippen LogP contribution >= 0.6 is 0 Å². The Balaban J connectivity index is 2.99. The zero-order chi connectivity index (χ0) is 14.4. The van der Waals surface area contributed by atoms with E-state index in [4.69, 9.17) is 10.6 Å². The fourth-order valence-corrected chi connectivity index (χ4v) is 1.21. The Morgan fingerprint density at radius 3 is 2.47 bits per heavy atom. The summed E-state index contributed by atoms with van der Waals surface area (Å²) in [5, 5.41) is 0. The van der Waals surface area contributed by atoms with Gasteiger partial charge >= 0.3 is 0 Å². The third-order valence-corrected chi connectivity index (χ3v) is 2.34. The number of halogens is 2. The van der Waals surface area contributed by atoms with Gasteiger partial charge in [0.15, 0.2) is 11.6 Å². The molecule has 0 bridgehead atoms. The van der Waals surface area contributed by atoms with E-state index in [1.165, 1.54) is 19.2 Å². The molecule has 0 amide bonds. The smallest absolute Gasteiger partial charge is 0.215 e. The molecule has 0 radical (unpaired) electrons. The molecule has 0 heterocycles. The summed E-state index contributed by atoms with van der Waals surface area (Å²) in [5.74, 6) is 3.13. The molecule has 19 heavy (non-hydrogen) atoms. The van der Waals surface area contributed by atoms with E-state index in [0.29, 0.717) is 11.3 Å². The molecule has 0 saturated heterocycles. The minimum absolute atomic E-state index is 0.0397. The number of hydrogen-bond donors (Lipinski definition) is 2. The number of nitrogens with one attached hydrogen (secondary N) is 1. The highest BCUT2D eigenvalue weighted by Gasteiger charge is 2.12. The Morgan fingerprint density at radius 1 is 1.42 bits per heavy atom. The van der Waals surface area contributed by atoms with Gasteiger partial charge in [-0.25, -0.2) is 8.78 Å².